The molecule has 6 rings (SSSR count). The van der Waals surface area contributed by atoms with Crippen molar-refractivity contribution in [3.8, 4) is 5.69 Å². The van der Waals surface area contributed by atoms with Crippen molar-refractivity contribution in [1.82, 2.24) is 24.7 Å². The first kappa shape index (κ1) is 16.1. The second-order valence-electron chi connectivity index (χ2n) is 7.10. The van der Waals surface area contributed by atoms with Gasteiger partial charge in [-0.15, -0.1) is 9.89 Å². The van der Waals surface area contributed by atoms with Crippen LogP contribution in [0.25, 0.3) is 5.69 Å². The van der Waals surface area contributed by atoms with E-state index in [0.717, 1.165) is 35.8 Å². The standard InChI is InChI=1S/C18H17ClN8O/c1-11-12(6-7-28-11)15-8-22-23-27(15)24-10-21-17-13-4-2-3-5-14(13)25-16(26(17)24)9-20-18(25)19/h2-5,8-12,17H,6-7H2,1H3. The Morgan fingerprint density at radius 1 is 1.21 bits per heavy atom. The third kappa shape index (κ3) is 2.05. The van der Waals surface area contributed by atoms with Crippen molar-refractivity contribution in [2.24, 2.45) is 4.99 Å². The molecule has 0 aliphatic carbocycles. The molecule has 5 heterocycles. The van der Waals surface area contributed by atoms with Gasteiger partial charge in [0.25, 0.3) is 0 Å². The average molecular weight is 397 g/mol. The highest BCUT2D eigenvalue weighted by Crippen LogP contribution is 2.43. The molecule has 0 spiro atoms. The maximum absolute atomic E-state index is 6.42. The fraction of sp³-hybridized carbons (Fsp3) is 0.333. The molecule has 0 radical (unpaired) electrons. The quantitative estimate of drug-likeness (QED) is 0.662. The van der Waals surface area contributed by atoms with Crippen LogP contribution in [-0.4, -0.2) is 43.7 Å². The Labute approximate surface area is 165 Å². The van der Waals surface area contributed by atoms with Gasteiger partial charge in [-0.3, -0.25) is 4.57 Å². The Kier molecular flexibility index (Phi) is 3.33. The summed E-state index contributed by atoms with van der Waals surface area (Å²) in [6.45, 7) is 2.83. The molecule has 1 aromatic carbocycles. The number of imidazole rings is 1. The van der Waals surface area contributed by atoms with Crippen LogP contribution in [0.1, 0.15) is 36.7 Å². The summed E-state index contributed by atoms with van der Waals surface area (Å²) in [7, 11) is 0. The summed E-state index contributed by atoms with van der Waals surface area (Å²) in [5.74, 6) is 1.05. The number of hydrogen-bond acceptors (Lipinski definition) is 7. The van der Waals surface area contributed by atoms with Crippen LogP contribution < -0.4 is 10.1 Å². The number of hydrazine groups is 1. The Hall–Kier alpha value is -2.91. The van der Waals surface area contributed by atoms with Crippen LogP contribution in [0.2, 0.25) is 5.28 Å². The molecule has 0 bridgehead atoms. The SMILES string of the molecule is CC1OCCC1c1cnnn1N1C=NC2c3ccccc3-n3c(cnc3Cl)N21. The van der Waals surface area contributed by atoms with E-state index in [1.807, 2.05) is 32.9 Å². The Morgan fingerprint density at radius 3 is 2.96 bits per heavy atom. The van der Waals surface area contributed by atoms with Gasteiger partial charge in [0.15, 0.2) is 12.0 Å². The molecule has 3 unspecified atom stereocenters. The van der Waals surface area contributed by atoms with E-state index in [-0.39, 0.29) is 18.2 Å². The van der Waals surface area contributed by atoms with Crippen LogP contribution in [0.4, 0.5) is 5.82 Å². The molecule has 3 atom stereocenters. The first-order valence-electron chi connectivity index (χ1n) is 9.21. The molecule has 10 heteroatoms. The zero-order chi connectivity index (χ0) is 18.8. The molecule has 0 amide bonds. The molecule has 3 aliphatic heterocycles. The van der Waals surface area contributed by atoms with Crippen molar-refractivity contribution in [2.45, 2.75) is 31.5 Å². The van der Waals surface area contributed by atoms with Gasteiger partial charge in [-0.1, -0.05) is 18.2 Å². The second kappa shape index (κ2) is 5.79. The zero-order valence-electron chi connectivity index (χ0n) is 15.1. The summed E-state index contributed by atoms with van der Waals surface area (Å²) in [5.41, 5.74) is 3.03. The predicted octanol–water partition coefficient (Wildman–Crippen LogP) is 2.42. The summed E-state index contributed by atoms with van der Waals surface area (Å²) < 4.78 is 7.68. The van der Waals surface area contributed by atoms with Gasteiger partial charge in [-0.25, -0.2) is 15.0 Å². The lowest BCUT2D eigenvalue weighted by molar-refractivity contribution is 0.117. The minimum absolute atomic E-state index is 0.120. The molecular formula is C18H17ClN8O. The lowest BCUT2D eigenvalue weighted by Gasteiger charge is -2.37. The van der Waals surface area contributed by atoms with Crippen molar-refractivity contribution >= 4 is 23.8 Å². The molecule has 1 fully saturated rings. The maximum Gasteiger partial charge on any atom is 0.209 e. The van der Waals surface area contributed by atoms with Crippen molar-refractivity contribution in [3.05, 3.63) is 53.2 Å². The minimum atomic E-state index is -0.217. The van der Waals surface area contributed by atoms with Crippen molar-refractivity contribution in [2.75, 3.05) is 16.7 Å². The molecule has 142 valence electrons. The van der Waals surface area contributed by atoms with Crippen molar-refractivity contribution in [3.63, 3.8) is 0 Å². The molecule has 0 N–H and O–H groups in total. The van der Waals surface area contributed by atoms with Crippen LogP contribution >= 0.6 is 11.6 Å². The van der Waals surface area contributed by atoms with Crippen LogP contribution in [-0.2, 0) is 4.74 Å². The van der Waals surface area contributed by atoms with E-state index in [0.29, 0.717) is 5.28 Å². The molecule has 0 saturated carbocycles. The number of fused-ring (bicyclic) bond motifs is 6. The van der Waals surface area contributed by atoms with Gasteiger partial charge in [0.2, 0.25) is 5.28 Å². The largest absolute Gasteiger partial charge is 0.378 e. The number of halogens is 1. The lowest BCUT2D eigenvalue weighted by atomic mass is 10.00. The van der Waals surface area contributed by atoms with Gasteiger partial charge in [0.1, 0.15) is 6.34 Å². The third-order valence-corrected chi connectivity index (χ3v) is 5.93. The molecule has 3 aliphatic rings. The number of nitrogens with zero attached hydrogens (tertiary/aromatic N) is 8. The fourth-order valence-corrected chi connectivity index (χ4v) is 4.54. The molecule has 1 saturated heterocycles. The van der Waals surface area contributed by atoms with Gasteiger partial charge in [0, 0.05) is 18.1 Å². The van der Waals surface area contributed by atoms with E-state index in [4.69, 9.17) is 21.3 Å². The average Bonchev–Trinajstić information content (AvgIpc) is 3.46. The molecule has 28 heavy (non-hydrogen) atoms. The summed E-state index contributed by atoms with van der Waals surface area (Å²) in [6, 6.07) is 8.08. The number of benzene rings is 1. The molecule has 3 aromatic rings. The van der Waals surface area contributed by atoms with Crippen LogP contribution in [0.15, 0.2) is 41.7 Å². The first-order chi connectivity index (χ1) is 13.7. The van der Waals surface area contributed by atoms with Gasteiger partial charge >= 0.3 is 0 Å². The fourth-order valence-electron chi connectivity index (χ4n) is 4.31. The normalized spacial score (nSPS) is 25.1. The summed E-state index contributed by atoms with van der Waals surface area (Å²) >= 11 is 6.42. The number of ether oxygens (including phenoxy) is 1. The van der Waals surface area contributed by atoms with Crippen LogP contribution in [0.3, 0.4) is 0 Å². The minimum Gasteiger partial charge on any atom is -0.378 e. The lowest BCUT2D eigenvalue weighted by Crippen LogP contribution is -2.50. The molecular weight excluding hydrogens is 380 g/mol. The highest BCUT2D eigenvalue weighted by molar-refractivity contribution is 6.29. The smallest absolute Gasteiger partial charge is 0.209 e. The highest BCUT2D eigenvalue weighted by atomic mass is 35.5. The monoisotopic (exact) mass is 396 g/mol. The third-order valence-electron chi connectivity index (χ3n) is 5.66. The molecule has 9 nitrogen and oxygen atoms in total. The Bertz CT molecular complexity index is 1090. The summed E-state index contributed by atoms with van der Waals surface area (Å²) in [4.78, 5) is 10.9. The molecule has 2 aromatic heterocycles. The van der Waals surface area contributed by atoms with Crippen molar-refractivity contribution in [1.29, 1.82) is 0 Å². The Morgan fingerprint density at radius 2 is 2.11 bits per heavy atom. The van der Waals surface area contributed by atoms with E-state index in [2.05, 4.69) is 28.3 Å². The van der Waals surface area contributed by atoms with Gasteiger partial charge in [-0.2, -0.15) is 5.12 Å². The number of para-hydroxylation sites is 1. The maximum atomic E-state index is 6.42. The summed E-state index contributed by atoms with van der Waals surface area (Å²) in [5, 5.41) is 12.8. The van der Waals surface area contributed by atoms with E-state index >= 15 is 0 Å². The topological polar surface area (TPSA) is 76.6 Å². The first-order valence-corrected chi connectivity index (χ1v) is 9.58. The number of anilines is 1. The van der Waals surface area contributed by atoms with Gasteiger partial charge in [0.05, 0.1) is 29.9 Å². The van der Waals surface area contributed by atoms with Crippen molar-refractivity contribution < 1.29 is 4.74 Å². The van der Waals surface area contributed by atoms with E-state index < -0.39 is 0 Å². The van der Waals surface area contributed by atoms with E-state index in [1.165, 1.54) is 0 Å². The van der Waals surface area contributed by atoms with Crippen LogP contribution in [0, 0.1) is 0 Å². The number of aliphatic imine (C=N–C) groups is 1. The van der Waals surface area contributed by atoms with Gasteiger partial charge in [-0.05, 0) is 36.2 Å². The van der Waals surface area contributed by atoms with Gasteiger partial charge < -0.3 is 4.74 Å². The Balaban J connectivity index is 1.48. The number of hydrogen-bond donors (Lipinski definition) is 0. The van der Waals surface area contributed by atoms with E-state index in [1.54, 1.807) is 23.5 Å². The highest BCUT2D eigenvalue weighted by Gasteiger charge is 2.41. The second-order valence-corrected chi connectivity index (χ2v) is 7.44. The number of rotatable bonds is 2. The van der Waals surface area contributed by atoms with Crippen LogP contribution in [0.5, 0.6) is 0 Å². The summed E-state index contributed by atoms with van der Waals surface area (Å²) in [6.07, 6.45) is 6.18. The zero-order valence-corrected chi connectivity index (χ0v) is 15.8. The number of aromatic nitrogens is 5. The van der Waals surface area contributed by atoms with E-state index in [9.17, 15) is 0 Å². The predicted molar refractivity (Wildman–Crippen MR) is 103 cm³/mol.